The third-order valence-electron chi connectivity index (χ3n) is 2.54. The summed E-state index contributed by atoms with van der Waals surface area (Å²) in [5.41, 5.74) is 0.157. The van der Waals surface area contributed by atoms with Gasteiger partial charge < -0.3 is 14.9 Å². The quantitative estimate of drug-likeness (QED) is 0.572. The molecule has 15 heavy (non-hydrogen) atoms. The van der Waals surface area contributed by atoms with Gasteiger partial charge in [0.1, 0.15) is 5.60 Å². The molecule has 0 aliphatic heterocycles. The molecule has 80 valence electrons. The first-order chi connectivity index (χ1) is 7.03. The van der Waals surface area contributed by atoms with Crippen molar-refractivity contribution in [2.45, 2.75) is 25.4 Å². The van der Waals surface area contributed by atoms with E-state index in [-0.39, 0.29) is 17.5 Å². The number of carbonyl (C=O) groups excluding carboxylic acids is 1. The first-order valence-electron chi connectivity index (χ1n) is 4.75. The van der Waals surface area contributed by atoms with Crippen LogP contribution in [0.25, 0.3) is 0 Å². The predicted octanol–water partition coefficient (Wildman–Crippen LogP) is 1.65. The molecule has 1 aliphatic rings. The predicted molar refractivity (Wildman–Crippen MR) is 52.4 cm³/mol. The largest absolute Gasteiger partial charge is 0.504 e. The Labute approximate surface area is 87.1 Å². The van der Waals surface area contributed by atoms with Crippen molar-refractivity contribution in [3.8, 4) is 11.5 Å². The maximum atomic E-state index is 10.9. The maximum absolute atomic E-state index is 10.9. The average molecular weight is 208 g/mol. The summed E-state index contributed by atoms with van der Waals surface area (Å²) in [5, 5.41) is 18.5. The third kappa shape index (κ3) is 1.75. The van der Waals surface area contributed by atoms with Crippen molar-refractivity contribution in [1.82, 2.24) is 0 Å². The first kappa shape index (κ1) is 9.83. The molecule has 4 heteroatoms. The molecule has 1 aromatic rings. The van der Waals surface area contributed by atoms with Crippen LogP contribution in [0.3, 0.4) is 0 Å². The number of ether oxygens (including phenoxy) is 1. The molecule has 1 saturated carbocycles. The summed E-state index contributed by atoms with van der Waals surface area (Å²) in [6, 6.07) is 4.49. The molecule has 0 unspecified atom stereocenters. The lowest BCUT2D eigenvalue weighted by Crippen LogP contribution is -2.15. The molecule has 0 aromatic heterocycles. The molecule has 0 spiro atoms. The van der Waals surface area contributed by atoms with E-state index in [9.17, 15) is 9.90 Å². The molecule has 4 nitrogen and oxygen atoms in total. The number of rotatable bonds is 2. The van der Waals surface area contributed by atoms with Crippen LogP contribution in [0.4, 0.5) is 0 Å². The number of phenols is 2. The van der Waals surface area contributed by atoms with Crippen molar-refractivity contribution in [3.05, 3.63) is 23.8 Å². The van der Waals surface area contributed by atoms with E-state index >= 15 is 0 Å². The number of phenolic OH excluding ortho intramolecular Hbond substituents is 2. The molecule has 0 amide bonds. The van der Waals surface area contributed by atoms with Gasteiger partial charge in [0.2, 0.25) is 0 Å². The second-order valence-corrected chi connectivity index (χ2v) is 3.79. The smallest absolute Gasteiger partial charge is 0.303 e. The van der Waals surface area contributed by atoms with Crippen molar-refractivity contribution in [3.63, 3.8) is 0 Å². The van der Waals surface area contributed by atoms with Gasteiger partial charge in [-0.2, -0.15) is 0 Å². The van der Waals surface area contributed by atoms with E-state index in [1.807, 2.05) is 0 Å². The van der Waals surface area contributed by atoms with Crippen LogP contribution in [0.5, 0.6) is 11.5 Å². The summed E-state index contributed by atoms with van der Waals surface area (Å²) in [4.78, 5) is 10.9. The zero-order valence-electron chi connectivity index (χ0n) is 8.36. The molecule has 2 N–H and O–H groups in total. The van der Waals surface area contributed by atoms with E-state index in [1.165, 1.54) is 19.1 Å². The Morgan fingerprint density at radius 1 is 1.33 bits per heavy atom. The zero-order chi connectivity index (χ0) is 11.1. The number of esters is 1. The minimum atomic E-state index is -0.572. The zero-order valence-corrected chi connectivity index (χ0v) is 8.36. The number of benzene rings is 1. The second kappa shape index (κ2) is 3.15. The molecule has 0 radical (unpaired) electrons. The van der Waals surface area contributed by atoms with Crippen LogP contribution >= 0.6 is 0 Å². The summed E-state index contributed by atoms with van der Waals surface area (Å²) in [5.74, 6) is -0.691. The van der Waals surface area contributed by atoms with Crippen LogP contribution in [0.1, 0.15) is 25.3 Å². The van der Waals surface area contributed by atoms with Crippen molar-refractivity contribution < 1.29 is 19.7 Å². The van der Waals surface area contributed by atoms with Gasteiger partial charge in [0.05, 0.1) is 0 Å². The second-order valence-electron chi connectivity index (χ2n) is 3.79. The van der Waals surface area contributed by atoms with E-state index in [2.05, 4.69) is 0 Å². The van der Waals surface area contributed by atoms with Gasteiger partial charge in [-0.05, 0) is 30.5 Å². The standard InChI is InChI=1S/C11H12O4/c1-7(12)15-11(4-5-11)8-2-3-9(13)10(14)6-8/h2-3,6,13-14H,4-5H2,1H3. The molecule has 0 bridgehead atoms. The van der Waals surface area contributed by atoms with Crippen molar-refractivity contribution >= 4 is 5.97 Å². The number of hydrogen-bond acceptors (Lipinski definition) is 4. The Morgan fingerprint density at radius 2 is 2.00 bits per heavy atom. The van der Waals surface area contributed by atoms with E-state index in [0.29, 0.717) is 0 Å². The number of hydrogen-bond donors (Lipinski definition) is 2. The summed E-state index contributed by atoms with van der Waals surface area (Å²) < 4.78 is 5.20. The van der Waals surface area contributed by atoms with Crippen LogP contribution < -0.4 is 0 Å². The molecule has 0 heterocycles. The Hall–Kier alpha value is -1.71. The van der Waals surface area contributed by atoms with Crippen LogP contribution in [0.2, 0.25) is 0 Å². The summed E-state index contributed by atoms with van der Waals surface area (Å²) in [6.45, 7) is 1.36. The van der Waals surface area contributed by atoms with Gasteiger partial charge in [0, 0.05) is 6.92 Å². The topological polar surface area (TPSA) is 66.8 Å². The van der Waals surface area contributed by atoms with Crippen molar-refractivity contribution in [2.24, 2.45) is 0 Å². The van der Waals surface area contributed by atoms with Crippen molar-refractivity contribution in [1.29, 1.82) is 0 Å². The highest BCUT2D eigenvalue weighted by Gasteiger charge is 2.48. The molecule has 2 rings (SSSR count). The lowest BCUT2D eigenvalue weighted by Gasteiger charge is -2.16. The first-order valence-corrected chi connectivity index (χ1v) is 4.75. The van der Waals surface area contributed by atoms with Gasteiger partial charge in [0.25, 0.3) is 0 Å². The minimum Gasteiger partial charge on any atom is -0.504 e. The summed E-state index contributed by atoms with van der Waals surface area (Å²) in [7, 11) is 0. The Morgan fingerprint density at radius 3 is 2.47 bits per heavy atom. The fourth-order valence-corrected chi connectivity index (χ4v) is 1.65. The van der Waals surface area contributed by atoms with E-state index in [1.54, 1.807) is 6.07 Å². The van der Waals surface area contributed by atoms with E-state index < -0.39 is 5.60 Å². The Bertz CT molecular complexity index is 407. The molecule has 1 aliphatic carbocycles. The lowest BCUT2D eigenvalue weighted by atomic mass is 10.1. The van der Waals surface area contributed by atoms with Crippen LogP contribution in [-0.4, -0.2) is 16.2 Å². The summed E-state index contributed by atoms with van der Waals surface area (Å²) in [6.07, 6.45) is 1.52. The van der Waals surface area contributed by atoms with E-state index in [0.717, 1.165) is 18.4 Å². The minimum absolute atomic E-state index is 0.169. The van der Waals surface area contributed by atoms with Gasteiger partial charge >= 0.3 is 5.97 Å². The lowest BCUT2D eigenvalue weighted by molar-refractivity contribution is -0.149. The monoisotopic (exact) mass is 208 g/mol. The maximum Gasteiger partial charge on any atom is 0.303 e. The van der Waals surface area contributed by atoms with Crippen LogP contribution in [0, 0.1) is 0 Å². The number of carbonyl (C=O) groups is 1. The van der Waals surface area contributed by atoms with Gasteiger partial charge in [0.15, 0.2) is 11.5 Å². The van der Waals surface area contributed by atoms with Gasteiger partial charge in [-0.25, -0.2) is 0 Å². The fourth-order valence-electron chi connectivity index (χ4n) is 1.65. The highest BCUT2D eigenvalue weighted by molar-refractivity contribution is 5.67. The van der Waals surface area contributed by atoms with Crippen LogP contribution in [-0.2, 0) is 15.1 Å². The molecule has 0 saturated heterocycles. The van der Waals surface area contributed by atoms with Gasteiger partial charge in [-0.1, -0.05) is 6.07 Å². The highest BCUT2D eigenvalue weighted by Crippen LogP contribution is 2.50. The molecule has 1 fully saturated rings. The van der Waals surface area contributed by atoms with Gasteiger partial charge in [-0.15, -0.1) is 0 Å². The van der Waals surface area contributed by atoms with Crippen molar-refractivity contribution in [2.75, 3.05) is 0 Å². The highest BCUT2D eigenvalue weighted by atomic mass is 16.6. The molecule has 0 atom stereocenters. The van der Waals surface area contributed by atoms with Gasteiger partial charge in [-0.3, -0.25) is 4.79 Å². The SMILES string of the molecule is CC(=O)OC1(c2ccc(O)c(O)c2)CC1. The normalized spacial score (nSPS) is 17.1. The summed E-state index contributed by atoms with van der Waals surface area (Å²) >= 11 is 0. The Kier molecular flexibility index (Phi) is 2.07. The van der Waals surface area contributed by atoms with Crippen LogP contribution in [0.15, 0.2) is 18.2 Å². The molecular formula is C11H12O4. The molecule has 1 aromatic carbocycles. The number of aromatic hydroxyl groups is 2. The molecular weight excluding hydrogens is 196 g/mol. The third-order valence-corrected chi connectivity index (χ3v) is 2.54. The fraction of sp³-hybridized carbons (Fsp3) is 0.364. The average Bonchev–Trinajstić information content (AvgIpc) is 2.89. The Balaban J connectivity index is 2.29. The van der Waals surface area contributed by atoms with E-state index in [4.69, 9.17) is 9.84 Å².